The predicted molar refractivity (Wildman–Crippen MR) is 83.8 cm³/mol. The molecule has 2 aromatic rings. The number of nitrogens with one attached hydrogen (secondary N) is 1. The Morgan fingerprint density at radius 1 is 1.37 bits per heavy atom. The molecule has 2 aromatic heterocycles. The van der Waals surface area contributed by atoms with Crippen molar-refractivity contribution in [2.24, 2.45) is 0 Å². The van der Waals surface area contributed by atoms with Gasteiger partial charge in [0, 0.05) is 10.0 Å². The topological polar surface area (TPSA) is 42.2 Å². The molecule has 1 amide bonds. The molecule has 0 aliphatic heterocycles. The zero-order valence-electron chi connectivity index (χ0n) is 10.7. The van der Waals surface area contributed by atoms with Gasteiger partial charge in [0.1, 0.15) is 11.5 Å². The summed E-state index contributed by atoms with van der Waals surface area (Å²) in [6.45, 7) is 5.76. The minimum atomic E-state index is -0.0813. The molecule has 0 radical (unpaired) electrons. The molecule has 0 aliphatic rings. The smallest absolute Gasteiger partial charge is 0.261 e. The fraction of sp³-hybridized carbons (Fsp3) is 0.308. The molecule has 0 bridgehead atoms. The average molecular weight is 407 g/mol. The van der Waals surface area contributed by atoms with Crippen molar-refractivity contribution in [2.75, 3.05) is 0 Å². The monoisotopic (exact) mass is 405 g/mol. The largest absolute Gasteiger partial charge is 0.466 e. The molecule has 3 nitrogen and oxygen atoms in total. The molecule has 19 heavy (non-hydrogen) atoms. The van der Waals surface area contributed by atoms with Crippen molar-refractivity contribution in [1.29, 1.82) is 0 Å². The van der Waals surface area contributed by atoms with E-state index in [9.17, 15) is 4.79 Å². The Labute approximate surface area is 132 Å². The van der Waals surface area contributed by atoms with E-state index in [1.165, 1.54) is 11.3 Å². The second-order valence-electron chi connectivity index (χ2n) is 4.30. The molecule has 1 atom stereocenters. The molecule has 0 aliphatic carbocycles. The van der Waals surface area contributed by atoms with Crippen LogP contribution in [0.4, 0.5) is 0 Å². The van der Waals surface area contributed by atoms with Crippen LogP contribution in [0.15, 0.2) is 24.8 Å². The van der Waals surface area contributed by atoms with Crippen molar-refractivity contribution < 1.29 is 9.21 Å². The number of hydrogen-bond acceptors (Lipinski definition) is 3. The predicted octanol–water partition coefficient (Wildman–Crippen LogP) is 4.97. The highest BCUT2D eigenvalue weighted by atomic mass is 79.9. The minimum absolute atomic E-state index is 0.0791. The van der Waals surface area contributed by atoms with Gasteiger partial charge in [0.25, 0.3) is 5.91 Å². The first-order valence-electron chi connectivity index (χ1n) is 5.71. The molecule has 2 heterocycles. The lowest BCUT2D eigenvalue weighted by Gasteiger charge is -2.12. The van der Waals surface area contributed by atoms with E-state index in [0.29, 0.717) is 4.88 Å². The van der Waals surface area contributed by atoms with Gasteiger partial charge in [-0.25, -0.2) is 0 Å². The first-order valence-corrected chi connectivity index (χ1v) is 8.11. The van der Waals surface area contributed by atoms with Gasteiger partial charge in [-0.05, 0) is 64.8 Å². The zero-order chi connectivity index (χ0) is 14.2. The molecule has 0 fully saturated rings. The first kappa shape index (κ1) is 14.8. The third-order valence-corrected chi connectivity index (χ3v) is 6.02. The number of carbonyl (C=O) groups excluding carboxylic acids is 1. The number of furan rings is 1. The van der Waals surface area contributed by atoms with Crippen LogP contribution in [0.1, 0.15) is 39.7 Å². The van der Waals surface area contributed by atoms with Crippen LogP contribution >= 0.6 is 43.2 Å². The van der Waals surface area contributed by atoms with Crippen LogP contribution in [0.5, 0.6) is 0 Å². The van der Waals surface area contributed by atoms with Crippen LogP contribution in [0.25, 0.3) is 0 Å². The Morgan fingerprint density at radius 3 is 2.53 bits per heavy atom. The Bertz CT molecular complexity index is 599. The summed E-state index contributed by atoms with van der Waals surface area (Å²) in [7, 11) is 0. The van der Waals surface area contributed by atoms with E-state index < -0.39 is 0 Å². The molecule has 0 saturated heterocycles. The number of halogens is 2. The van der Waals surface area contributed by atoms with Crippen LogP contribution in [0.2, 0.25) is 0 Å². The van der Waals surface area contributed by atoms with Crippen molar-refractivity contribution in [3.05, 3.63) is 42.4 Å². The second kappa shape index (κ2) is 5.81. The lowest BCUT2D eigenvalue weighted by atomic mass is 10.1. The van der Waals surface area contributed by atoms with Gasteiger partial charge >= 0.3 is 0 Å². The Kier molecular flexibility index (Phi) is 4.53. The standard InChI is InChI=1S/C13H13Br2NO2S/c1-6-4-9(8(3)18-6)7(2)16-13(17)11-5-10(14)12(15)19-11/h4-5,7H,1-3H3,(H,16,17). The Balaban J connectivity index is 2.12. The molecule has 102 valence electrons. The quantitative estimate of drug-likeness (QED) is 0.781. The van der Waals surface area contributed by atoms with E-state index in [0.717, 1.165) is 25.3 Å². The molecule has 2 rings (SSSR count). The maximum absolute atomic E-state index is 12.1. The van der Waals surface area contributed by atoms with Gasteiger partial charge in [0.15, 0.2) is 0 Å². The van der Waals surface area contributed by atoms with Crippen molar-refractivity contribution in [3.8, 4) is 0 Å². The van der Waals surface area contributed by atoms with Gasteiger partial charge < -0.3 is 9.73 Å². The molecule has 0 spiro atoms. The summed E-state index contributed by atoms with van der Waals surface area (Å²) in [6.07, 6.45) is 0. The summed E-state index contributed by atoms with van der Waals surface area (Å²) in [5.74, 6) is 1.62. The zero-order valence-corrected chi connectivity index (χ0v) is 14.7. The van der Waals surface area contributed by atoms with E-state index in [-0.39, 0.29) is 11.9 Å². The second-order valence-corrected chi connectivity index (χ2v) is 7.52. The fourth-order valence-electron chi connectivity index (χ4n) is 1.88. The van der Waals surface area contributed by atoms with Gasteiger partial charge in [-0.1, -0.05) is 0 Å². The molecular formula is C13H13Br2NO2S. The minimum Gasteiger partial charge on any atom is -0.466 e. The highest BCUT2D eigenvalue weighted by Crippen LogP contribution is 2.32. The summed E-state index contributed by atoms with van der Waals surface area (Å²) in [6, 6.07) is 3.69. The molecule has 0 saturated carbocycles. The van der Waals surface area contributed by atoms with Crippen molar-refractivity contribution in [2.45, 2.75) is 26.8 Å². The molecule has 1 N–H and O–H groups in total. The molecule has 1 unspecified atom stereocenters. The molecular weight excluding hydrogens is 394 g/mol. The maximum atomic E-state index is 12.1. The average Bonchev–Trinajstić information content (AvgIpc) is 2.82. The van der Waals surface area contributed by atoms with E-state index in [1.807, 2.05) is 32.9 Å². The van der Waals surface area contributed by atoms with Gasteiger partial charge in [0.2, 0.25) is 0 Å². The SMILES string of the molecule is Cc1cc(C(C)NC(=O)c2cc(Br)c(Br)s2)c(C)o1. The highest BCUT2D eigenvalue weighted by molar-refractivity contribution is 9.13. The number of amides is 1. The summed E-state index contributed by atoms with van der Waals surface area (Å²) in [4.78, 5) is 12.8. The van der Waals surface area contributed by atoms with Crippen LogP contribution in [-0.2, 0) is 0 Å². The first-order chi connectivity index (χ1) is 8.88. The van der Waals surface area contributed by atoms with E-state index in [4.69, 9.17) is 4.42 Å². The third-order valence-electron chi connectivity index (χ3n) is 2.76. The molecule has 0 aromatic carbocycles. The number of carbonyl (C=O) groups is 1. The van der Waals surface area contributed by atoms with Crippen molar-refractivity contribution in [3.63, 3.8) is 0 Å². The summed E-state index contributed by atoms with van der Waals surface area (Å²) < 4.78 is 7.29. The lowest BCUT2D eigenvalue weighted by molar-refractivity contribution is 0.0944. The number of hydrogen-bond donors (Lipinski definition) is 1. The maximum Gasteiger partial charge on any atom is 0.261 e. The van der Waals surface area contributed by atoms with Gasteiger partial charge in [-0.2, -0.15) is 0 Å². The molecule has 6 heteroatoms. The Hall–Kier alpha value is -0.590. The number of rotatable bonds is 3. The van der Waals surface area contributed by atoms with Crippen LogP contribution in [0.3, 0.4) is 0 Å². The number of thiophene rings is 1. The van der Waals surface area contributed by atoms with Crippen LogP contribution in [-0.4, -0.2) is 5.91 Å². The number of aryl methyl sites for hydroxylation is 2. The fourth-order valence-corrected chi connectivity index (χ4v) is 3.82. The van der Waals surface area contributed by atoms with Crippen LogP contribution < -0.4 is 5.32 Å². The Morgan fingerprint density at radius 2 is 2.05 bits per heavy atom. The summed E-state index contributed by atoms with van der Waals surface area (Å²) in [5, 5.41) is 2.98. The van der Waals surface area contributed by atoms with Crippen LogP contribution in [0, 0.1) is 13.8 Å². The summed E-state index contributed by atoms with van der Waals surface area (Å²) in [5.41, 5.74) is 1.01. The van der Waals surface area contributed by atoms with Crippen molar-refractivity contribution in [1.82, 2.24) is 5.32 Å². The lowest BCUT2D eigenvalue weighted by Crippen LogP contribution is -2.26. The third kappa shape index (κ3) is 3.30. The highest BCUT2D eigenvalue weighted by Gasteiger charge is 2.18. The van der Waals surface area contributed by atoms with Gasteiger partial charge in [-0.3, -0.25) is 4.79 Å². The van der Waals surface area contributed by atoms with Crippen molar-refractivity contribution >= 4 is 49.1 Å². The normalized spacial score (nSPS) is 12.5. The van der Waals surface area contributed by atoms with Gasteiger partial charge in [0.05, 0.1) is 14.7 Å². The van der Waals surface area contributed by atoms with E-state index in [1.54, 1.807) is 0 Å². The summed E-state index contributed by atoms with van der Waals surface area (Å²) >= 11 is 8.17. The van der Waals surface area contributed by atoms with E-state index in [2.05, 4.69) is 37.2 Å². The van der Waals surface area contributed by atoms with E-state index >= 15 is 0 Å². The van der Waals surface area contributed by atoms with Gasteiger partial charge in [-0.15, -0.1) is 11.3 Å².